The number of anilines is 3. The van der Waals surface area contributed by atoms with Crippen LogP contribution in [-0.4, -0.2) is 29.9 Å². The standard InChI is InChI=1S/C23H22ClN3O3/c1-14-6-7-15(23(30)26-10-11-28)12-18(14)22(29)17-9-8-16(13-19(17)24)27-21-5-3-2-4-20(21)25/h2-9,12-13,27-28H,10-11,25H2,1H3,(H,26,30). The number of ketones is 1. The van der Waals surface area contributed by atoms with Crippen LogP contribution in [0.3, 0.4) is 0 Å². The molecular weight excluding hydrogens is 402 g/mol. The first kappa shape index (κ1) is 21.4. The molecule has 0 atom stereocenters. The number of nitrogens with two attached hydrogens (primary N) is 1. The van der Waals surface area contributed by atoms with E-state index in [4.69, 9.17) is 22.4 Å². The molecule has 0 fully saturated rings. The van der Waals surface area contributed by atoms with Crippen molar-refractivity contribution in [2.24, 2.45) is 0 Å². The number of carbonyl (C=O) groups is 2. The number of para-hydroxylation sites is 2. The summed E-state index contributed by atoms with van der Waals surface area (Å²) in [6.45, 7) is 1.78. The van der Waals surface area contributed by atoms with Gasteiger partial charge in [0, 0.05) is 28.9 Å². The molecule has 0 aliphatic carbocycles. The minimum Gasteiger partial charge on any atom is -0.397 e. The fraction of sp³-hybridized carbons (Fsp3) is 0.130. The summed E-state index contributed by atoms with van der Waals surface area (Å²) in [6, 6.07) is 17.3. The van der Waals surface area contributed by atoms with E-state index < -0.39 is 0 Å². The van der Waals surface area contributed by atoms with Gasteiger partial charge in [0.1, 0.15) is 0 Å². The number of carbonyl (C=O) groups excluding carboxylic acids is 2. The predicted molar refractivity (Wildman–Crippen MR) is 120 cm³/mol. The molecule has 0 saturated carbocycles. The maximum absolute atomic E-state index is 13.1. The largest absolute Gasteiger partial charge is 0.397 e. The molecule has 0 bridgehead atoms. The van der Waals surface area contributed by atoms with Crippen LogP contribution < -0.4 is 16.4 Å². The summed E-state index contributed by atoms with van der Waals surface area (Å²) in [6.07, 6.45) is 0. The van der Waals surface area contributed by atoms with E-state index in [9.17, 15) is 9.59 Å². The van der Waals surface area contributed by atoms with Crippen LogP contribution in [0.25, 0.3) is 0 Å². The maximum Gasteiger partial charge on any atom is 0.251 e. The van der Waals surface area contributed by atoms with Gasteiger partial charge in [0.15, 0.2) is 5.78 Å². The van der Waals surface area contributed by atoms with Gasteiger partial charge in [-0.25, -0.2) is 0 Å². The van der Waals surface area contributed by atoms with E-state index in [0.717, 1.165) is 11.3 Å². The van der Waals surface area contributed by atoms with E-state index in [1.807, 2.05) is 18.2 Å². The van der Waals surface area contributed by atoms with Crippen LogP contribution in [0.1, 0.15) is 31.8 Å². The lowest BCUT2D eigenvalue weighted by Crippen LogP contribution is -2.26. The van der Waals surface area contributed by atoms with Gasteiger partial charge >= 0.3 is 0 Å². The van der Waals surface area contributed by atoms with Crippen LogP contribution in [0.5, 0.6) is 0 Å². The summed E-state index contributed by atoms with van der Waals surface area (Å²) in [5, 5.41) is 14.9. The number of nitrogen functional groups attached to an aromatic ring is 1. The highest BCUT2D eigenvalue weighted by Crippen LogP contribution is 2.28. The second kappa shape index (κ2) is 9.43. The molecule has 3 aromatic carbocycles. The van der Waals surface area contributed by atoms with Crippen molar-refractivity contribution >= 4 is 40.4 Å². The Morgan fingerprint density at radius 3 is 2.50 bits per heavy atom. The molecule has 6 nitrogen and oxygen atoms in total. The second-order valence-corrected chi connectivity index (χ2v) is 7.15. The van der Waals surface area contributed by atoms with Gasteiger partial charge in [-0.1, -0.05) is 29.8 Å². The normalized spacial score (nSPS) is 10.5. The van der Waals surface area contributed by atoms with Gasteiger partial charge in [-0.15, -0.1) is 0 Å². The zero-order chi connectivity index (χ0) is 21.7. The van der Waals surface area contributed by atoms with Crippen molar-refractivity contribution in [3.63, 3.8) is 0 Å². The van der Waals surface area contributed by atoms with Crippen molar-refractivity contribution in [1.82, 2.24) is 5.32 Å². The van der Waals surface area contributed by atoms with Crippen molar-refractivity contribution in [3.05, 3.63) is 87.9 Å². The van der Waals surface area contributed by atoms with E-state index in [1.54, 1.807) is 43.3 Å². The van der Waals surface area contributed by atoms with Crippen molar-refractivity contribution < 1.29 is 14.7 Å². The summed E-state index contributed by atoms with van der Waals surface area (Å²) in [4.78, 5) is 25.3. The summed E-state index contributed by atoms with van der Waals surface area (Å²) in [5.41, 5.74) is 9.78. The SMILES string of the molecule is Cc1ccc(C(=O)NCCO)cc1C(=O)c1ccc(Nc2ccccc2N)cc1Cl. The molecule has 0 saturated heterocycles. The second-order valence-electron chi connectivity index (χ2n) is 6.75. The molecule has 7 heteroatoms. The third kappa shape index (κ3) is 4.79. The van der Waals surface area contributed by atoms with Crippen LogP contribution in [0.4, 0.5) is 17.1 Å². The van der Waals surface area contributed by atoms with Crippen molar-refractivity contribution in [2.45, 2.75) is 6.92 Å². The molecule has 0 radical (unpaired) electrons. The van der Waals surface area contributed by atoms with E-state index in [2.05, 4.69) is 10.6 Å². The number of rotatable bonds is 7. The molecule has 154 valence electrons. The third-order valence-corrected chi connectivity index (χ3v) is 4.91. The van der Waals surface area contributed by atoms with Gasteiger partial charge in [0.25, 0.3) is 5.91 Å². The van der Waals surface area contributed by atoms with Crippen molar-refractivity contribution in [3.8, 4) is 0 Å². The fourth-order valence-corrected chi connectivity index (χ4v) is 3.23. The van der Waals surface area contributed by atoms with Gasteiger partial charge in [-0.3, -0.25) is 9.59 Å². The van der Waals surface area contributed by atoms with Crippen LogP contribution in [-0.2, 0) is 0 Å². The Kier molecular flexibility index (Phi) is 6.72. The lowest BCUT2D eigenvalue weighted by molar-refractivity contribution is 0.0944. The fourth-order valence-electron chi connectivity index (χ4n) is 2.97. The summed E-state index contributed by atoms with van der Waals surface area (Å²) in [5.74, 6) is -0.635. The molecule has 0 aromatic heterocycles. The minimum absolute atomic E-state index is 0.141. The number of halogens is 1. The Bertz CT molecular complexity index is 1100. The minimum atomic E-state index is -0.357. The smallest absolute Gasteiger partial charge is 0.251 e. The van der Waals surface area contributed by atoms with Gasteiger partial charge in [0.05, 0.1) is 23.0 Å². The molecule has 0 spiro atoms. The van der Waals surface area contributed by atoms with Gasteiger partial charge in [-0.05, 0) is 55.0 Å². The van der Waals surface area contributed by atoms with E-state index in [-0.39, 0.29) is 29.9 Å². The molecule has 0 heterocycles. The molecular formula is C23H22ClN3O3. The Morgan fingerprint density at radius 1 is 1.03 bits per heavy atom. The molecule has 3 rings (SSSR count). The number of hydrogen-bond donors (Lipinski definition) is 4. The van der Waals surface area contributed by atoms with Gasteiger partial charge in [-0.2, -0.15) is 0 Å². The quantitative estimate of drug-likeness (QED) is 0.340. The number of benzene rings is 3. The Balaban J connectivity index is 1.86. The number of aliphatic hydroxyl groups excluding tert-OH is 1. The van der Waals surface area contributed by atoms with E-state index in [0.29, 0.717) is 28.1 Å². The van der Waals surface area contributed by atoms with Crippen molar-refractivity contribution in [2.75, 3.05) is 24.2 Å². The van der Waals surface area contributed by atoms with E-state index in [1.165, 1.54) is 6.07 Å². The molecule has 1 amide bonds. The summed E-state index contributed by atoms with van der Waals surface area (Å²) < 4.78 is 0. The van der Waals surface area contributed by atoms with Crippen LogP contribution in [0.2, 0.25) is 5.02 Å². The lowest BCUT2D eigenvalue weighted by atomic mass is 9.96. The molecule has 30 heavy (non-hydrogen) atoms. The third-order valence-electron chi connectivity index (χ3n) is 4.60. The monoisotopic (exact) mass is 423 g/mol. The Labute approximate surface area is 179 Å². The average Bonchev–Trinajstić information content (AvgIpc) is 2.73. The van der Waals surface area contributed by atoms with Crippen molar-refractivity contribution in [1.29, 1.82) is 0 Å². The number of aryl methyl sites for hydroxylation is 1. The van der Waals surface area contributed by atoms with Gasteiger partial charge < -0.3 is 21.5 Å². The number of amides is 1. The highest BCUT2D eigenvalue weighted by atomic mass is 35.5. The molecule has 3 aromatic rings. The van der Waals surface area contributed by atoms with Gasteiger partial charge in [0.2, 0.25) is 0 Å². The first-order chi connectivity index (χ1) is 14.4. The highest BCUT2D eigenvalue weighted by Gasteiger charge is 2.18. The van der Waals surface area contributed by atoms with Crippen LogP contribution in [0, 0.1) is 6.92 Å². The summed E-state index contributed by atoms with van der Waals surface area (Å²) >= 11 is 6.40. The molecule has 0 aliphatic heterocycles. The lowest BCUT2D eigenvalue weighted by Gasteiger charge is -2.12. The van der Waals surface area contributed by atoms with E-state index >= 15 is 0 Å². The zero-order valence-corrected chi connectivity index (χ0v) is 17.2. The number of nitrogens with one attached hydrogen (secondary N) is 2. The van der Waals surface area contributed by atoms with Crippen LogP contribution >= 0.6 is 11.6 Å². The highest BCUT2D eigenvalue weighted by molar-refractivity contribution is 6.35. The Hall–Kier alpha value is -3.35. The first-order valence-electron chi connectivity index (χ1n) is 9.36. The topological polar surface area (TPSA) is 104 Å². The maximum atomic E-state index is 13.1. The molecule has 0 unspecified atom stereocenters. The molecule has 5 N–H and O–H groups in total. The number of aliphatic hydroxyl groups is 1. The Morgan fingerprint density at radius 2 is 1.80 bits per heavy atom. The first-order valence-corrected chi connectivity index (χ1v) is 9.74. The summed E-state index contributed by atoms with van der Waals surface area (Å²) in [7, 11) is 0. The van der Waals surface area contributed by atoms with Crippen LogP contribution in [0.15, 0.2) is 60.7 Å². The molecule has 0 aliphatic rings. The average molecular weight is 424 g/mol. The zero-order valence-electron chi connectivity index (χ0n) is 16.4. The predicted octanol–water partition coefficient (Wildman–Crippen LogP) is 3.93. The number of hydrogen-bond acceptors (Lipinski definition) is 5.